The fourth-order valence-corrected chi connectivity index (χ4v) is 3.72. The Hall–Kier alpha value is -3.29. The van der Waals surface area contributed by atoms with E-state index in [0.717, 1.165) is 5.56 Å². The lowest BCUT2D eigenvalue weighted by Gasteiger charge is -2.13. The molecule has 1 aliphatic rings. The summed E-state index contributed by atoms with van der Waals surface area (Å²) in [6.45, 7) is 2.00. The minimum Gasteiger partial charge on any atom is -0.454 e. The summed E-state index contributed by atoms with van der Waals surface area (Å²) in [6.07, 6.45) is 1.58. The standard InChI is InChI=1S/C24H18BrClN2O4/c1-14-6-8-16(26)12-19(14)27-24(30)20(28-23(29)17-4-2-3-5-18(17)25)10-15-7-9-21-22(11-15)32-13-31-21/h2-12H,13H2,1H3,(H,27,30)(H,28,29)/b20-10-. The lowest BCUT2D eigenvalue weighted by atomic mass is 10.1. The van der Waals surface area contributed by atoms with Crippen LogP contribution in [0.3, 0.4) is 0 Å². The van der Waals surface area contributed by atoms with Gasteiger partial charge in [0.2, 0.25) is 6.79 Å². The highest BCUT2D eigenvalue weighted by Crippen LogP contribution is 2.33. The molecule has 0 spiro atoms. The minimum atomic E-state index is -0.492. The Morgan fingerprint density at radius 2 is 1.81 bits per heavy atom. The first-order valence-electron chi connectivity index (χ1n) is 9.65. The molecule has 0 unspecified atom stereocenters. The van der Waals surface area contributed by atoms with E-state index in [1.807, 2.05) is 6.92 Å². The highest BCUT2D eigenvalue weighted by molar-refractivity contribution is 9.10. The molecule has 0 aliphatic carbocycles. The predicted molar refractivity (Wildman–Crippen MR) is 127 cm³/mol. The van der Waals surface area contributed by atoms with E-state index < -0.39 is 11.8 Å². The number of hydrogen-bond acceptors (Lipinski definition) is 4. The minimum absolute atomic E-state index is 0.0593. The maximum atomic E-state index is 13.2. The Morgan fingerprint density at radius 1 is 1.03 bits per heavy atom. The van der Waals surface area contributed by atoms with Gasteiger partial charge in [0.05, 0.1) is 5.56 Å². The van der Waals surface area contributed by atoms with Gasteiger partial charge in [-0.1, -0.05) is 35.9 Å². The molecular weight excluding hydrogens is 496 g/mol. The Balaban J connectivity index is 1.67. The van der Waals surface area contributed by atoms with E-state index in [9.17, 15) is 9.59 Å². The molecule has 0 atom stereocenters. The third-order valence-corrected chi connectivity index (χ3v) is 5.69. The first-order chi connectivity index (χ1) is 15.4. The van der Waals surface area contributed by atoms with Gasteiger partial charge in [-0.2, -0.15) is 0 Å². The third-order valence-electron chi connectivity index (χ3n) is 4.77. The number of carbonyl (C=O) groups is 2. The number of carbonyl (C=O) groups excluding carboxylic acids is 2. The normalized spacial score (nSPS) is 12.4. The molecule has 0 fully saturated rings. The van der Waals surface area contributed by atoms with E-state index in [1.54, 1.807) is 66.7 Å². The van der Waals surface area contributed by atoms with Gasteiger partial charge in [0.15, 0.2) is 11.5 Å². The first kappa shape index (κ1) is 21.9. The molecule has 2 amide bonds. The van der Waals surface area contributed by atoms with Crippen LogP contribution in [0.1, 0.15) is 21.5 Å². The Kier molecular flexibility index (Phi) is 6.48. The van der Waals surface area contributed by atoms with Crippen molar-refractivity contribution in [3.8, 4) is 11.5 Å². The van der Waals surface area contributed by atoms with Crippen LogP contribution in [0, 0.1) is 6.92 Å². The summed E-state index contributed by atoms with van der Waals surface area (Å²) in [5, 5.41) is 6.03. The molecular formula is C24H18BrClN2O4. The van der Waals surface area contributed by atoms with Crippen LogP contribution in [0.25, 0.3) is 6.08 Å². The number of benzene rings is 3. The highest BCUT2D eigenvalue weighted by Gasteiger charge is 2.19. The summed E-state index contributed by atoms with van der Waals surface area (Å²) in [6, 6.07) is 17.4. The second kappa shape index (κ2) is 9.46. The maximum absolute atomic E-state index is 13.2. The van der Waals surface area contributed by atoms with E-state index in [0.29, 0.717) is 37.8 Å². The van der Waals surface area contributed by atoms with E-state index in [-0.39, 0.29) is 12.5 Å². The SMILES string of the molecule is Cc1ccc(Cl)cc1NC(=O)/C(=C/c1ccc2c(c1)OCO2)NC(=O)c1ccccc1Br. The van der Waals surface area contributed by atoms with E-state index in [4.69, 9.17) is 21.1 Å². The van der Waals surface area contributed by atoms with Crippen LogP contribution in [-0.2, 0) is 4.79 Å². The van der Waals surface area contributed by atoms with Gasteiger partial charge < -0.3 is 20.1 Å². The van der Waals surface area contributed by atoms with Crippen LogP contribution in [-0.4, -0.2) is 18.6 Å². The van der Waals surface area contributed by atoms with Gasteiger partial charge in [0.1, 0.15) is 5.70 Å². The molecule has 3 aromatic carbocycles. The number of fused-ring (bicyclic) bond motifs is 1. The summed E-state index contributed by atoms with van der Waals surface area (Å²) < 4.78 is 11.4. The summed E-state index contributed by atoms with van der Waals surface area (Å²) in [5.41, 5.74) is 2.51. The molecule has 2 N–H and O–H groups in total. The fraction of sp³-hybridized carbons (Fsp3) is 0.0833. The van der Waals surface area contributed by atoms with Gasteiger partial charge in [-0.15, -0.1) is 0 Å². The second-order valence-corrected chi connectivity index (χ2v) is 8.31. The average molecular weight is 514 g/mol. The lowest BCUT2D eigenvalue weighted by molar-refractivity contribution is -0.113. The number of ether oxygens (including phenoxy) is 2. The van der Waals surface area contributed by atoms with Crippen molar-refractivity contribution in [1.29, 1.82) is 0 Å². The summed E-state index contributed by atoms with van der Waals surface area (Å²) in [5.74, 6) is 0.275. The van der Waals surface area contributed by atoms with Crippen molar-refractivity contribution in [3.63, 3.8) is 0 Å². The molecule has 0 aromatic heterocycles. The third kappa shape index (κ3) is 4.95. The number of nitrogens with one attached hydrogen (secondary N) is 2. The zero-order valence-corrected chi connectivity index (χ0v) is 19.3. The van der Waals surface area contributed by atoms with Gasteiger partial charge in [-0.3, -0.25) is 9.59 Å². The van der Waals surface area contributed by atoms with Crippen LogP contribution < -0.4 is 20.1 Å². The largest absolute Gasteiger partial charge is 0.454 e. The molecule has 6 nitrogen and oxygen atoms in total. The molecule has 1 heterocycles. The number of aryl methyl sites for hydroxylation is 1. The summed E-state index contributed by atoms with van der Waals surface area (Å²) in [4.78, 5) is 26.1. The monoisotopic (exact) mass is 512 g/mol. The van der Waals surface area contributed by atoms with Crippen molar-refractivity contribution in [3.05, 3.63) is 92.5 Å². The highest BCUT2D eigenvalue weighted by atomic mass is 79.9. The van der Waals surface area contributed by atoms with Crippen molar-refractivity contribution < 1.29 is 19.1 Å². The van der Waals surface area contributed by atoms with E-state index in [1.165, 1.54) is 0 Å². The van der Waals surface area contributed by atoms with E-state index in [2.05, 4.69) is 26.6 Å². The van der Waals surface area contributed by atoms with Crippen LogP contribution in [0.4, 0.5) is 5.69 Å². The number of rotatable bonds is 5. The summed E-state index contributed by atoms with van der Waals surface area (Å²) in [7, 11) is 0. The van der Waals surface area contributed by atoms with Crippen molar-refractivity contribution in [2.45, 2.75) is 6.92 Å². The lowest BCUT2D eigenvalue weighted by Crippen LogP contribution is -2.31. The van der Waals surface area contributed by atoms with Crippen molar-refractivity contribution in [1.82, 2.24) is 5.32 Å². The topological polar surface area (TPSA) is 76.7 Å². The zero-order chi connectivity index (χ0) is 22.7. The second-order valence-electron chi connectivity index (χ2n) is 7.02. The van der Waals surface area contributed by atoms with E-state index >= 15 is 0 Å². The predicted octanol–water partition coefficient (Wildman–Crippen LogP) is 5.55. The van der Waals surface area contributed by atoms with Crippen molar-refractivity contribution in [2.75, 3.05) is 12.1 Å². The van der Waals surface area contributed by atoms with Crippen LogP contribution in [0.2, 0.25) is 5.02 Å². The summed E-state index contributed by atoms with van der Waals surface area (Å²) >= 11 is 9.45. The molecule has 0 saturated heterocycles. The van der Waals surface area contributed by atoms with Crippen LogP contribution in [0.5, 0.6) is 11.5 Å². The maximum Gasteiger partial charge on any atom is 0.272 e. The molecule has 4 rings (SSSR count). The van der Waals surface area contributed by atoms with Crippen molar-refractivity contribution >= 4 is 51.1 Å². The van der Waals surface area contributed by atoms with Gasteiger partial charge in [-0.25, -0.2) is 0 Å². The fourth-order valence-electron chi connectivity index (χ4n) is 3.08. The number of amides is 2. The Bertz CT molecular complexity index is 1240. The van der Waals surface area contributed by atoms with Gasteiger partial charge in [0.25, 0.3) is 11.8 Å². The van der Waals surface area contributed by atoms with Gasteiger partial charge in [0, 0.05) is 15.2 Å². The van der Waals surface area contributed by atoms with Gasteiger partial charge >= 0.3 is 0 Å². The first-order valence-corrected chi connectivity index (χ1v) is 10.8. The molecule has 32 heavy (non-hydrogen) atoms. The average Bonchev–Trinajstić information content (AvgIpc) is 3.24. The van der Waals surface area contributed by atoms with Crippen LogP contribution >= 0.6 is 27.5 Å². The Morgan fingerprint density at radius 3 is 2.62 bits per heavy atom. The number of halogens is 2. The number of anilines is 1. The quantitative estimate of drug-likeness (QED) is 0.439. The molecule has 3 aromatic rings. The number of hydrogen-bond donors (Lipinski definition) is 2. The molecule has 8 heteroatoms. The molecule has 0 bridgehead atoms. The van der Waals surface area contributed by atoms with Crippen LogP contribution in [0.15, 0.2) is 70.8 Å². The smallest absolute Gasteiger partial charge is 0.272 e. The molecule has 162 valence electrons. The van der Waals surface area contributed by atoms with Gasteiger partial charge in [-0.05, 0) is 76.5 Å². The zero-order valence-electron chi connectivity index (χ0n) is 16.9. The Labute approximate surface area is 198 Å². The molecule has 0 saturated carbocycles. The molecule has 1 aliphatic heterocycles. The van der Waals surface area contributed by atoms with Crippen molar-refractivity contribution in [2.24, 2.45) is 0 Å². The molecule has 0 radical (unpaired) electrons.